The van der Waals surface area contributed by atoms with Gasteiger partial charge in [0.05, 0.1) is 17.0 Å². The molecule has 0 fully saturated rings. The zero-order valence-corrected chi connectivity index (χ0v) is 17.1. The van der Waals surface area contributed by atoms with E-state index in [1.54, 1.807) is 0 Å². The van der Waals surface area contributed by atoms with Gasteiger partial charge in [-0.15, -0.1) is 15.3 Å². The third-order valence-electron chi connectivity index (χ3n) is 4.01. The molecule has 4 aromatic rings. The number of alkyl halides is 3. The third-order valence-corrected chi connectivity index (χ3v) is 5.98. The number of hydrogen-bond acceptors (Lipinski definition) is 8. The van der Waals surface area contributed by atoms with E-state index in [1.165, 1.54) is 45.5 Å². The zero-order valence-electron chi connectivity index (χ0n) is 15.5. The van der Waals surface area contributed by atoms with Crippen molar-refractivity contribution in [1.29, 1.82) is 0 Å². The molecule has 0 amide bonds. The Labute approximate surface area is 177 Å². The minimum Gasteiger partial charge on any atom is -0.330 e. The van der Waals surface area contributed by atoms with Crippen molar-refractivity contribution in [1.82, 2.24) is 30.4 Å². The normalized spacial score (nSPS) is 11.6. The standard InChI is InChI=1S/C18H14F3N7S2/c1-11-2-6-13(7-3-11)22-16-24-25-17(30-16)29-10-15-23-26-27-28(15)14-8-4-12(5-9-14)18(19,20)21/h2-9H,10H2,1H3,(H,22,24). The lowest BCUT2D eigenvalue weighted by molar-refractivity contribution is -0.137. The van der Waals surface area contributed by atoms with Crippen molar-refractivity contribution in [2.24, 2.45) is 0 Å². The molecule has 12 heteroatoms. The van der Waals surface area contributed by atoms with Crippen molar-refractivity contribution < 1.29 is 13.2 Å². The number of anilines is 2. The van der Waals surface area contributed by atoms with Gasteiger partial charge in [-0.2, -0.15) is 17.9 Å². The number of aromatic nitrogens is 6. The van der Waals surface area contributed by atoms with Crippen LogP contribution in [-0.4, -0.2) is 30.4 Å². The topological polar surface area (TPSA) is 81.4 Å². The van der Waals surface area contributed by atoms with Crippen LogP contribution < -0.4 is 5.32 Å². The van der Waals surface area contributed by atoms with Gasteiger partial charge in [-0.1, -0.05) is 40.8 Å². The van der Waals surface area contributed by atoms with E-state index in [-0.39, 0.29) is 0 Å². The van der Waals surface area contributed by atoms with Gasteiger partial charge in [-0.3, -0.25) is 0 Å². The summed E-state index contributed by atoms with van der Waals surface area (Å²) in [6.45, 7) is 2.02. The fourth-order valence-electron chi connectivity index (χ4n) is 2.49. The van der Waals surface area contributed by atoms with Gasteiger partial charge >= 0.3 is 6.18 Å². The molecule has 0 bridgehead atoms. The summed E-state index contributed by atoms with van der Waals surface area (Å²) in [7, 11) is 0. The Balaban J connectivity index is 1.41. The first-order valence-electron chi connectivity index (χ1n) is 8.63. The van der Waals surface area contributed by atoms with Crippen LogP contribution in [0, 0.1) is 6.92 Å². The van der Waals surface area contributed by atoms with E-state index in [0.29, 0.717) is 26.7 Å². The Morgan fingerprint density at radius 1 is 1.00 bits per heavy atom. The molecule has 2 heterocycles. The van der Waals surface area contributed by atoms with Gasteiger partial charge in [-0.05, 0) is 53.7 Å². The van der Waals surface area contributed by atoms with E-state index in [4.69, 9.17) is 0 Å². The molecular weight excluding hydrogens is 435 g/mol. The highest BCUT2D eigenvalue weighted by Crippen LogP contribution is 2.31. The van der Waals surface area contributed by atoms with Crippen molar-refractivity contribution in [3.05, 3.63) is 65.5 Å². The van der Waals surface area contributed by atoms with Gasteiger partial charge in [-0.25, -0.2) is 0 Å². The van der Waals surface area contributed by atoms with Crippen LogP contribution in [0.3, 0.4) is 0 Å². The summed E-state index contributed by atoms with van der Waals surface area (Å²) in [6.07, 6.45) is -4.39. The number of nitrogens with zero attached hydrogens (tertiary/aromatic N) is 6. The van der Waals surface area contributed by atoms with E-state index < -0.39 is 11.7 Å². The van der Waals surface area contributed by atoms with Crippen LogP contribution in [0.5, 0.6) is 0 Å². The van der Waals surface area contributed by atoms with Gasteiger partial charge in [0.25, 0.3) is 0 Å². The first kappa shape index (κ1) is 20.3. The molecule has 4 rings (SSSR count). The molecule has 0 saturated heterocycles. The molecule has 30 heavy (non-hydrogen) atoms. The Morgan fingerprint density at radius 2 is 1.73 bits per heavy atom. The number of hydrogen-bond donors (Lipinski definition) is 1. The molecule has 1 N–H and O–H groups in total. The monoisotopic (exact) mass is 449 g/mol. The van der Waals surface area contributed by atoms with Crippen LogP contribution in [0.2, 0.25) is 0 Å². The maximum absolute atomic E-state index is 12.7. The maximum atomic E-state index is 12.7. The fourth-order valence-corrected chi connectivity index (χ4v) is 4.17. The van der Waals surface area contributed by atoms with Gasteiger partial charge in [0.1, 0.15) is 0 Å². The molecule has 0 radical (unpaired) electrons. The summed E-state index contributed by atoms with van der Waals surface area (Å²) < 4.78 is 40.3. The summed E-state index contributed by atoms with van der Waals surface area (Å²) >= 11 is 2.78. The number of rotatable bonds is 6. The summed E-state index contributed by atoms with van der Waals surface area (Å²) in [5.74, 6) is 0.871. The second kappa shape index (κ2) is 8.40. The lowest BCUT2D eigenvalue weighted by Gasteiger charge is -2.08. The van der Waals surface area contributed by atoms with Crippen molar-refractivity contribution in [2.75, 3.05) is 5.32 Å². The third kappa shape index (κ3) is 4.76. The molecule has 0 aliphatic carbocycles. The molecule has 0 atom stereocenters. The predicted octanol–water partition coefficient (Wildman–Crippen LogP) is 4.88. The Hall–Kier alpha value is -2.99. The smallest absolute Gasteiger partial charge is 0.330 e. The number of benzene rings is 2. The minimum absolute atomic E-state index is 0.382. The molecule has 0 aliphatic rings. The molecule has 7 nitrogen and oxygen atoms in total. The minimum atomic E-state index is -4.39. The van der Waals surface area contributed by atoms with Crippen LogP contribution in [0.4, 0.5) is 24.0 Å². The van der Waals surface area contributed by atoms with Crippen LogP contribution in [-0.2, 0) is 11.9 Å². The van der Waals surface area contributed by atoms with Crippen LogP contribution in [0.15, 0.2) is 52.9 Å². The van der Waals surface area contributed by atoms with Crippen LogP contribution in [0.25, 0.3) is 5.69 Å². The summed E-state index contributed by atoms with van der Waals surface area (Å²) in [5.41, 5.74) is 1.81. The number of aryl methyl sites for hydroxylation is 1. The second-order valence-corrected chi connectivity index (χ2v) is 8.40. The zero-order chi connectivity index (χ0) is 21.1. The molecule has 0 aliphatic heterocycles. The average molecular weight is 449 g/mol. The highest BCUT2D eigenvalue weighted by molar-refractivity contribution is 8.00. The van der Waals surface area contributed by atoms with E-state index in [2.05, 4.69) is 31.0 Å². The number of nitrogens with one attached hydrogen (secondary N) is 1. The van der Waals surface area contributed by atoms with E-state index >= 15 is 0 Å². The van der Waals surface area contributed by atoms with Crippen LogP contribution >= 0.6 is 23.1 Å². The number of halogens is 3. The summed E-state index contributed by atoms with van der Waals surface area (Å²) in [5, 5.41) is 23.6. The van der Waals surface area contributed by atoms with Gasteiger partial charge < -0.3 is 5.32 Å². The summed E-state index contributed by atoms with van der Waals surface area (Å²) in [6, 6.07) is 12.6. The van der Waals surface area contributed by atoms with Gasteiger partial charge in [0, 0.05) is 5.69 Å². The van der Waals surface area contributed by atoms with Crippen molar-refractivity contribution in [3.63, 3.8) is 0 Å². The fraction of sp³-hybridized carbons (Fsp3) is 0.167. The van der Waals surface area contributed by atoms with Crippen LogP contribution in [0.1, 0.15) is 17.0 Å². The van der Waals surface area contributed by atoms with E-state index in [9.17, 15) is 13.2 Å². The van der Waals surface area contributed by atoms with Crippen molar-refractivity contribution in [3.8, 4) is 5.69 Å². The predicted molar refractivity (Wildman–Crippen MR) is 108 cm³/mol. The molecule has 0 spiro atoms. The van der Waals surface area contributed by atoms with Crippen molar-refractivity contribution in [2.45, 2.75) is 23.2 Å². The second-order valence-electron chi connectivity index (χ2n) is 6.20. The first-order valence-corrected chi connectivity index (χ1v) is 10.4. The van der Waals surface area contributed by atoms with E-state index in [1.807, 2.05) is 31.2 Å². The quantitative estimate of drug-likeness (QED) is 0.420. The Bertz CT molecular complexity index is 1120. The largest absolute Gasteiger partial charge is 0.416 e. The number of thioether (sulfide) groups is 1. The van der Waals surface area contributed by atoms with E-state index in [0.717, 1.165) is 17.8 Å². The lowest BCUT2D eigenvalue weighted by atomic mass is 10.2. The number of tetrazole rings is 1. The van der Waals surface area contributed by atoms with Gasteiger partial charge in [0.15, 0.2) is 10.2 Å². The Kier molecular flexibility index (Phi) is 5.68. The summed E-state index contributed by atoms with van der Waals surface area (Å²) in [4.78, 5) is 0. The van der Waals surface area contributed by atoms with Crippen molar-refractivity contribution >= 4 is 33.9 Å². The molecule has 154 valence electrons. The maximum Gasteiger partial charge on any atom is 0.416 e. The highest BCUT2D eigenvalue weighted by Gasteiger charge is 2.30. The first-order chi connectivity index (χ1) is 14.4. The average Bonchev–Trinajstić information content (AvgIpc) is 3.37. The Morgan fingerprint density at radius 3 is 2.43 bits per heavy atom. The van der Waals surface area contributed by atoms with Gasteiger partial charge in [0.2, 0.25) is 5.13 Å². The molecule has 2 aromatic carbocycles. The molecule has 0 unspecified atom stereocenters. The molecular formula is C18H14F3N7S2. The SMILES string of the molecule is Cc1ccc(Nc2nnc(SCc3nnnn3-c3ccc(C(F)(F)F)cc3)s2)cc1. The molecule has 2 aromatic heterocycles. The highest BCUT2D eigenvalue weighted by atomic mass is 32.2. The molecule has 0 saturated carbocycles. The lowest BCUT2D eigenvalue weighted by Crippen LogP contribution is -2.06.